The highest BCUT2D eigenvalue weighted by molar-refractivity contribution is 5.84. The molecule has 5 rings (SSSR count). The van der Waals surface area contributed by atoms with Gasteiger partial charge in [-0.3, -0.25) is 14.3 Å². The van der Waals surface area contributed by atoms with Gasteiger partial charge in [0.15, 0.2) is 0 Å². The standard InChI is InChI=1S/C25H26N6O/c1-2-3-14-31-23(29-13-6-10-26-12-15-29)16-21-24(31)25(32)30(18-28-21)17-22-20-8-5-4-7-19(20)9-11-27-22/h4-5,7-9,11,16,18,26H,6,10,12-15,17H2,1H3. The minimum atomic E-state index is -0.0677. The monoisotopic (exact) mass is 426 g/mol. The predicted molar refractivity (Wildman–Crippen MR) is 128 cm³/mol. The van der Waals surface area contributed by atoms with Gasteiger partial charge in [-0.25, -0.2) is 4.98 Å². The molecule has 32 heavy (non-hydrogen) atoms. The first-order chi connectivity index (χ1) is 15.8. The van der Waals surface area contributed by atoms with Crippen molar-refractivity contribution in [3.8, 4) is 11.8 Å². The Morgan fingerprint density at radius 2 is 2.03 bits per heavy atom. The maximum Gasteiger partial charge on any atom is 0.278 e. The Kier molecular flexibility index (Phi) is 5.61. The van der Waals surface area contributed by atoms with Crippen molar-refractivity contribution in [3.05, 3.63) is 65.0 Å². The number of nitrogens with zero attached hydrogens (tertiary/aromatic N) is 5. The minimum absolute atomic E-state index is 0.0677. The molecular formula is C25H26N6O. The van der Waals surface area contributed by atoms with Crippen LogP contribution in [0.3, 0.4) is 0 Å². The van der Waals surface area contributed by atoms with Gasteiger partial charge in [0.2, 0.25) is 0 Å². The molecule has 3 aromatic heterocycles. The molecule has 1 saturated heterocycles. The van der Waals surface area contributed by atoms with Crippen LogP contribution in [0, 0.1) is 11.8 Å². The molecule has 1 N–H and O–H groups in total. The smallest absolute Gasteiger partial charge is 0.278 e. The van der Waals surface area contributed by atoms with Gasteiger partial charge in [-0.2, -0.15) is 0 Å². The highest BCUT2D eigenvalue weighted by Gasteiger charge is 2.20. The largest absolute Gasteiger partial charge is 0.357 e. The third-order valence-electron chi connectivity index (χ3n) is 6.01. The van der Waals surface area contributed by atoms with Gasteiger partial charge in [-0.1, -0.05) is 30.2 Å². The second-order valence-electron chi connectivity index (χ2n) is 8.00. The number of nitrogens with one attached hydrogen (secondary N) is 1. The van der Waals surface area contributed by atoms with Crippen molar-refractivity contribution in [1.82, 2.24) is 24.4 Å². The molecule has 0 bridgehead atoms. The molecule has 0 unspecified atom stereocenters. The molecule has 0 atom stereocenters. The molecule has 4 heterocycles. The molecule has 0 spiro atoms. The molecule has 162 valence electrons. The maximum atomic E-state index is 13.6. The van der Waals surface area contributed by atoms with Crippen LogP contribution in [0.4, 0.5) is 5.82 Å². The van der Waals surface area contributed by atoms with Crippen LogP contribution in [-0.2, 0) is 13.1 Å². The number of anilines is 1. The van der Waals surface area contributed by atoms with E-state index in [1.165, 1.54) is 0 Å². The van der Waals surface area contributed by atoms with Gasteiger partial charge in [0, 0.05) is 37.3 Å². The fraction of sp³-hybridized carbons (Fsp3) is 0.320. The van der Waals surface area contributed by atoms with E-state index in [4.69, 9.17) is 0 Å². The van der Waals surface area contributed by atoms with Gasteiger partial charge in [-0.05, 0) is 31.3 Å². The first-order valence-electron chi connectivity index (χ1n) is 11.0. The lowest BCUT2D eigenvalue weighted by Gasteiger charge is -2.23. The van der Waals surface area contributed by atoms with E-state index in [1.54, 1.807) is 17.1 Å². The molecule has 1 aliphatic rings. The van der Waals surface area contributed by atoms with Gasteiger partial charge >= 0.3 is 0 Å². The van der Waals surface area contributed by atoms with E-state index in [-0.39, 0.29) is 5.56 Å². The van der Waals surface area contributed by atoms with Crippen LogP contribution in [0.15, 0.2) is 53.7 Å². The summed E-state index contributed by atoms with van der Waals surface area (Å²) < 4.78 is 3.68. The lowest BCUT2D eigenvalue weighted by atomic mass is 10.1. The summed E-state index contributed by atoms with van der Waals surface area (Å²) in [4.78, 5) is 25.1. The number of hydrogen-bond acceptors (Lipinski definition) is 5. The molecule has 0 amide bonds. The van der Waals surface area contributed by atoms with E-state index in [1.807, 2.05) is 41.8 Å². The Hall–Kier alpha value is -3.63. The number of aromatic nitrogens is 4. The summed E-state index contributed by atoms with van der Waals surface area (Å²) in [5.41, 5.74) is 2.10. The predicted octanol–water partition coefficient (Wildman–Crippen LogP) is 2.62. The molecule has 0 aliphatic carbocycles. The second kappa shape index (κ2) is 8.85. The van der Waals surface area contributed by atoms with Gasteiger partial charge in [-0.15, -0.1) is 5.92 Å². The van der Waals surface area contributed by atoms with Crippen LogP contribution in [0.5, 0.6) is 0 Å². The highest BCUT2D eigenvalue weighted by atomic mass is 16.1. The van der Waals surface area contributed by atoms with Crippen molar-refractivity contribution < 1.29 is 0 Å². The van der Waals surface area contributed by atoms with Crippen molar-refractivity contribution >= 4 is 27.6 Å². The Morgan fingerprint density at radius 1 is 1.12 bits per heavy atom. The Morgan fingerprint density at radius 3 is 2.94 bits per heavy atom. The van der Waals surface area contributed by atoms with Crippen LogP contribution in [0.25, 0.3) is 21.8 Å². The van der Waals surface area contributed by atoms with Crippen molar-refractivity contribution in [1.29, 1.82) is 0 Å². The van der Waals surface area contributed by atoms with Gasteiger partial charge in [0.1, 0.15) is 11.3 Å². The third-order valence-corrected chi connectivity index (χ3v) is 6.01. The normalized spacial score (nSPS) is 14.3. The van der Waals surface area contributed by atoms with Crippen molar-refractivity contribution in [2.45, 2.75) is 26.4 Å². The molecule has 1 fully saturated rings. The SMILES string of the molecule is CC#CCn1c(N2CCCNCC2)cc2ncn(Cc3nccc4ccccc34)c(=O)c21. The molecule has 1 aliphatic heterocycles. The average molecular weight is 427 g/mol. The lowest BCUT2D eigenvalue weighted by molar-refractivity contribution is 0.719. The van der Waals surface area contributed by atoms with E-state index >= 15 is 0 Å². The number of hydrogen-bond donors (Lipinski definition) is 1. The first-order valence-corrected chi connectivity index (χ1v) is 11.0. The van der Waals surface area contributed by atoms with Gasteiger partial charge in [0.25, 0.3) is 5.56 Å². The molecule has 7 nitrogen and oxygen atoms in total. The summed E-state index contributed by atoms with van der Waals surface area (Å²) >= 11 is 0. The summed E-state index contributed by atoms with van der Waals surface area (Å²) in [6, 6.07) is 12.1. The van der Waals surface area contributed by atoms with Crippen LogP contribution < -0.4 is 15.8 Å². The Balaban J connectivity index is 1.61. The lowest BCUT2D eigenvalue weighted by Crippen LogP contribution is -2.30. The van der Waals surface area contributed by atoms with Crippen LogP contribution in [-0.4, -0.2) is 45.3 Å². The number of rotatable bonds is 4. The quantitative estimate of drug-likeness (QED) is 0.508. The Labute approximate surface area is 186 Å². The van der Waals surface area contributed by atoms with E-state index in [9.17, 15) is 4.79 Å². The zero-order valence-electron chi connectivity index (χ0n) is 18.2. The van der Waals surface area contributed by atoms with E-state index in [2.05, 4.69) is 38.1 Å². The van der Waals surface area contributed by atoms with Gasteiger partial charge < -0.3 is 14.8 Å². The molecule has 1 aromatic carbocycles. The average Bonchev–Trinajstić information content (AvgIpc) is 2.99. The summed E-state index contributed by atoms with van der Waals surface area (Å²) in [7, 11) is 0. The Bertz CT molecular complexity index is 1380. The number of benzene rings is 1. The summed E-state index contributed by atoms with van der Waals surface area (Å²) in [6.07, 6.45) is 4.49. The van der Waals surface area contributed by atoms with E-state index < -0.39 is 0 Å². The maximum absolute atomic E-state index is 13.6. The molecular weight excluding hydrogens is 400 g/mol. The molecule has 0 radical (unpaired) electrons. The zero-order chi connectivity index (χ0) is 21.9. The third kappa shape index (κ3) is 3.74. The summed E-state index contributed by atoms with van der Waals surface area (Å²) in [5, 5.41) is 5.60. The van der Waals surface area contributed by atoms with Crippen LogP contribution in [0.1, 0.15) is 19.0 Å². The minimum Gasteiger partial charge on any atom is -0.357 e. The number of pyridine rings is 1. The summed E-state index contributed by atoms with van der Waals surface area (Å²) in [5.74, 6) is 7.12. The molecule has 7 heteroatoms. The van der Waals surface area contributed by atoms with Gasteiger partial charge in [0.05, 0.1) is 30.6 Å². The molecule has 0 saturated carbocycles. The van der Waals surface area contributed by atoms with Crippen molar-refractivity contribution in [2.75, 3.05) is 31.1 Å². The van der Waals surface area contributed by atoms with E-state index in [0.29, 0.717) is 24.1 Å². The number of fused-ring (bicyclic) bond motifs is 2. The van der Waals surface area contributed by atoms with Crippen molar-refractivity contribution in [3.63, 3.8) is 0 Å². The first kappa shape index (κ1) is 20.3. The van der Waals surface area contributed by atoms with Crippen LogP contribution in [0.2, 0.25) is 0 Å². The summed E-state index contributed by atoms with van der Waals surface area (Å²) in [6.45, 7) is 6.42. The molecule has 4 aromatic rings. The highest BCUT2D eigenvalue weighted by Crippen LogP contribution is 2.24. The zero-order valence-corrected chi connectivity index (χ0v) is 18.2. The van der Waals surface area contributed by atoms with Crippen molar-refractivity contribution in [2.24, 2.45) is 0 Å². The second-order valence-corrected chi connectivity index (χ2v) is 8.00. The fourth-order valence-electron chi connectivity index (χ4n) is 4.40. The fourth-order valence-corrected chi connectivity index (χ4v) is 4.40. The van der Waals surface area contributed by atoms with Crippen LogP contribution >= 0.6 is 0 Å². The van der Waals surface area contributed by atoms with E-state index in [0.717, 1.165) is 54.9 Å². The topological polar surface area (TPSA) is 68.0 Å².